The molecule has 1 unspecified atom stereocenters. The standard InChI is InChI=1S/C7H13NO4/c8-4-1-3(2-9)5(10)7(12)6(4)11/h1,4-7,9-12H,2,8H2/t4-,5+,6-,7?/m0/s1. The first-order valence-corrected chi connectivity index (χ1v) is 3.69. The second-order valence-corrected chi connectivity index (χ2v) is 2.90. The maximum absolute atomic E-state index is 9.23. The number of nitrogens with two attached hydrogens (primary N) is 1. The van der Waals surface area contributed by atoms with Gasteiger partial charge in [-0.3, -0.25) is 0 Å². The summed E-state index contributed by atoms with van der Waals surface area (Å²) in [5.74, 6) is 0. The summed E-state index contributed by atoms with van der Waals surface area (Å²) >= 11 is 0. The first kappa shape index (κ1) is 9.63. The molecular weight excluding hydrogens is 162 g/mol. The highest BCUT2D eigenvalue weighted by atomic mass is 16.4. The van der Waals surface area contributed by atoms with Gasteiger partial charge in [0.1, 0.15) is 18.3 Å². The number of aliphatic hydroxyl groups is 4. The van der Waals surface area contributed by atoms with Gasteiger partial charge >= 0.3 is 0 Å². The molecule has 0 amide bonds. The fourth-order valence-electron chi connectivity index (χ4n) is 1.22. The second-order valence-electron chi connectivity index (χ2n) is 2.90. The number of rotatable bonds is 1. The fraction of sp³-hybridized carbons (Fsp3) is 0.714. The maximum Gasteiger partial charge on any atom is 0.111 e. The van der Waals surface area contributed by atoms with Crippen molar-refractivity contribution in [1.29, 1.82) is 0 Å². The Hall–Kier alpha value is -0.460. The van der Waals surface area contributed by atoms with Crippen molar-refractivity contribution >= 4 is 0 Å². The molecule has 0 aromatic rings. The third-order valence-electron chi connectivity index (χ3n) is 2.04. The lowest BCUT2D eigenvalue weighted by Gasteiger charge is -2.32. The molecule has 0 aromatic heterocycles. The summed E-state index contributed by atoms with van der Waals surface area (Å²) in [6, 6.07) is -0.731. The van der Waals surface area contributed by atoms with Gasteiger partial charge in [0.15, 0.2) is 0 Å². The molecule has 5 nitrogen and oxygen atoms in total. The summed E-state index contributed by atoms with van der Waals surface area (Å²) in [5.41, 5.74) is 5.64. The largest absolute Gasteiger partial charge is 0.392 e. The summed E-state index contributed by atoms with van der Waals surface area (Å²) in [6.45, 7) is -0.362. The van der Waals surface area contributed by atoms with Crippen LogP contribution in [0.25, 0.3) is 0 Å². The van der Waals surface area contributed by atoms with E-state index in [2.05, 4.69) is 0 Å². The zero-order chi connectivity index (χ0) is 9.30. The molecule has 0 bridgehead atoms. The molecule has 0 saturated heterocycles. The van der Waals surface area contributed by atoms with Crippen molar-refractivity contribution in [3.63, 3.8) is 0 Å². The molecule has 1 rings (SSSR count). The van der Waals surface area contributed by atoms with E-state index < -0.39 is 24.4 Å². The van der Waals surface area contributed by atoms with Crippen LogP contribution < -0.4 is 5.73 Å². The molecule has 70 valence electrons. The highest BCUT2D eigenvalue weighted by Gasteiger charge is 2.34. The molecule has 0 heterocycles. The lowest BCUT2D eigenvalue weighted by molar-refractivity contribution is -0.0596. The number of hydrogen-bond donors (Lipinski definition) is 5. The molecule has 6 N–H and O–H groups in total. The molecule has 0 aromatic carbocycles. The summed E-state index contributed by atoms with van der Waals surface area (Å²) in [5, 5.41) is 36.3. The molecule has 0 radical (unpaired) electrons. The van der Waals surface area contributed by atoms with Gasteiger partial charge in [0, 0.05) is 0 Å². The van der Waals surface area contributed by atoms with Crippen molar-refractivity contribution < 1.29 is 20.4 Å². The number of aliphatic hydroxyl groups excluding tert-OH is 4. The van der Waals surface area contributed by atoms with Gasteiger partial charge in [-0.05, 0) is 5.57 Å². The van der Waals surface area contributed by atoms with E-state index in [9.17, 15) is 10.2 Å². The van der Waals surface area contributed by atoms with Gasteiger partial charge in [0.2, 0.25) is 0 Å². The van der Waals surface area contributed by atoms with Crippen molar-refractivity contribution in [2.24, 2.45) is 5.73 Å². The summed E-state index contributed by atoms with van der Waals surface area (Å²) in [4.78, 5) is 0. The van der Waals surface area contributed by atoms with E-state index in [1.165, 1.54) is 6.08 Å². The van der Waals surface area contributed by atoms with Crippen LogP contribution in [0.3, 0.4) is 0 Å². The van der Waals surface area contributed by atoms with E-state index in [0.29, 0.717) is 0 Å². The van der Waals surface area contributed by atoms with E-state index in [-0.39, 0.29) is 12.2 Å². The topological polar surface area (TPSA) is 107 Å². The first-order valence-electron chi connectivity index (χ1n) is 3.69. The predicted octanol–water partition coefficient (Wildman–Crippen LogP) is -2.67. The molecule has 5 heteroatoms. The van der Waals surface area contributed by atoms with Crippen LogP contribution in [0.15, 0.2) is 11.6 Å². The summed E-state index contributed by atoms with van der Waals surface area (Å²) in [6.07, 6.45) is -2.34. The second kappa shape index (κ2) is 3.51. The van der Waals surface area contributed by atoms with E-state index in [4.69, 9.17) is 15.9 Å². The third-order valence-corrected chi connectivity index (χ3v) is 2.04. The van der Waals surface area contributed by atoms with Gasteiger partial charge in [-0.15, -0.1) is 0 Å². The monoisotopic (exact) mass is 175 g/mol. The Labute approximate surface area is 69.8 Å². The molecule has 12 heavy (non-hydrogen) atoms. The number of hydrogen-bond acceptors (Lipinski definition) is 5. The van der Waals surface area contributed by atoms with E-state index in [1.54, 1.807) is 0 Å². The highest BCUT2D eigenvalue weighted by Crippen LogP contribution is 2.18. The van der Waals surface area contributed by atoms with Crippen LogP contribution in [0.5, 0.6) is 0 Å². The normalized spacial score (nSPS) is 42.6. The smallest absolute Gasteiger partial charge is 0.111 e. The van der Waals surface area contributed by atoms with Gasteiger partial charge in [-0.1, -0.05) is 6.08 Å². The van der Waals surface area contributed by atoms with Crippen molar-refractivity contribution in [2.45, 2.75) is 24.4 Å². The molecule has 1 aliphatic rings. The lowest BCUT2D eigenvalue weighted by Crippen LogP contribution is -2.52. The average molecular weight is 175 g/mol. The fourth-order valence-corrected chi connectivity index (χ4v) is 1.22. The molecule has 1 aliphatic carbocycles. The quantitative estimate of drug-likeness (QED) is 0.279. The molecular formula is C7H13NO4. The van der Waals surface area contributed by atoms with Crippen LogP contribution in [0, 0.1) is 0 Å². The Morgan fingerprint density at radius 2 is 1.83 bits per heavy atom. The third kappa shape index (κ3) is 1.50. The minimum absolute atomic E-state index is 0.250. The minimum atomic E-state index is -1.31. The minimum Gasteiger partial charge on any atom is -0.392 e. The molecule has 0 aliphatic heterocycles. The highest BCUT2D eigenvalue weighted by molar-refractivity contribution is 5.20. The first-order chi connectivity index (χ1) is 5.57. The van der Waals surface area contributed by atoms with Crippen molar-refractivity contribution in [3.8, 4) is 0 Å². The summed E-state index contributed by atoms with van der Waals surface area (Å²) < 4.78 is 0. The zero-order valence-corrected chi connectivity index (χ0v) is 6.46. The zero-order valence-electron chi connectivity index (χ0n) is 6.46. The predicted molar refractivity (Wildman–Crippen MR) is 41.2 cm³/mol. The Morgan fingerprint density at radius 1 is 1.25 bits per heavy atom. The average Bonchev–Trinajstić information content (AvgIpc) is 2.08. The van der Waals surface area contributed by atoms with Gasteiger partial charge < -0.3 is 26.2 Å². The van der Waals surface area contributed by atoms with Crippen LogP contribution in [0.1, 0.15) is 0 Å². The Balaban J connectivity index is 2.84. The van der Waals surface area contributed by atoms with Crippen molar-refractivity contribution in [3.05, 3.63) is 11.6 Å². The van der Waals surface area contributed by atoms with Crippen LogP contribution in [-0.2, 0) is 0 Å². The van der Waals surface area contributed by atoms with E-state index in [1.807, 2.05) is 0 Å². The lowest BCUT2D eigenvalue weighted by atomic mass is 9.89. The van der Waals surface area contributed by atoms with Crippen molar-refractivity contribution in [2.75, 3.05) is 6.61 Å². The van der Waals surface area contributed by atoms with Crippen molar-refractivity contribution in [1.82, 2.24) is 0 Å². The van der Waals surface area contributed by atoms with E-state index in [0.717, 1.165) is 0 Å². The van der Waals surface area contributed by atoms with E-state index >= 15 is 0 Å². The van der Waals surface area contributed by atoms with Crippen LogP contribution in [0.2, 0.25) is 0 Å². The molecule has 0 saturated carbocycles. The van der Waals surface area contributed by atoms with Gasteiger partial charge in [0.25, 0.3) is 0 Å². The van der Waals surface area contributed by atoms with Crippen LogP contribution in [0.4, 0.5) is 0 Å². The summed E-state index contributed by atoms with van der Waals surface area (Å²) in [7, 11) is 0. The van der Waals surface area contributed by atoms with Crippen LogP contribution in [-0.4, -0.2) is 51.4 Å². The SMILES string of the molecule is N[C@H]1C=C(CO)[C@@H](O)C(O)[C@H]1O. The maximum atomic E-state index is 9.23. The molecule has 0 spiro atoms. The van der Waals surface area contributed by atoms with Crippen LogP contribution >= 0.6 is 0 Å². The Bertz CT molecular complexity index is 194. The molecule has 4 atom stereocenters. The van der Waals surface area contributed by atoms with Gasteiger partial charge in [0.05, 0.1) is 12.6 Å². The Morgan fingerprint density at radius 3 is 2.33 bits per heavy atom. The molecule has 0 fully saturated rings. The van der Waals surface area contributed by atoms with Gasteiger partial charge in [-0.25, -0.2) is 0 Å². The Kier molecular flexibility index (Phi) is 2.81. The van der Waals surface area contributed by atoms with Gasteiger partial charge in [-0.2, -0.15) is 0 Å².